The molecular weight excluding hydrogens is 315 g/mol. The predicted octanol–water partition coefficient (Wildman–Crippen LogP) is 3.91. The van der Waals surface area contributed by atoms with Crippen LogP contribution in [-0.4, -0.2) is 11.9 Å². The number of nitrogens with one attached hydrogen (secondary N) is 1. The molecule has 0 aromatic carbocycles. The zero-order chi connectivity index (χ0) is 13.8. The van der Waals surface area contributed by atoms with Crippen LogP contribution < -0.4 is 11.1 Å². The Morgan fingerprint density at radius 2 is 2.20 bits per heavy atom. The molecule has 2 rings (SSSR count). The van der Waals surface area contributed by atoms with Crippen molar-refractivity contribution in [2.45, 2.75) is 51.1 Å². The summed E-state index contributed by atoms with van der Waals surface area (Å²) in [6.07, 6.45) is 5.07. The van der Waals surface area contributed by atoms with Crippen molar-refractivity contribution in [1.29, 1.82) is 0 Å². The van der Waals surface area contributed by atoms with E-state index in [2.05, 4.69) is 5.32 Å². The van der Waals surface area contributed by atoms with Crippen LogP contribution in [0.3, 0.4) is 0 Å². The highest BCUT2D eigenvalue weighted by Crippen LogP contribution is 2.28. The van der Waals surface area contributed by atoms with Crippen LogP contribution in [0.4, 0.5) is 0 Å². The van der Waals surface area contributed by atoms with Crippen LogP contribution in [0.15, 0.2) is 12.1 Å². The molecule has 114 valence electrons. The smallest absolute Gasteiger partial charge is 0.220 e. The Balaban J connectivity index is 0.00000200. The minimum Gasteiger partial charge on any atom is -0.349 e. The normalized spacial score (nSPS) is 23.8. The Labute approximate surface area is 135 Å². The van der Waals surface area contributed by atoms with Gasteiger partial charge in [-0.1, -0.05) is 24.4 Å². The fourth-order valence-electron chi connectivity index (χ4n) is 2.66. The van der Waals surface area contributed by atoms with E-state index in [1.54, 1.807) is 0 Å². The van der Waals surface area contributed by atoms with Gasteiger partial charge in [-0.15, -0.1) is 23.7 Å². The molecular formula is C14H22Cl2N2OS. The summed E-state index contributed by atoms with van der Waals surface area (Å²) in [5.74, 6) is 0.437. The standard InChI is InChI=1S/C14H21ClN2OS.ClH/c1-9(12-6-7-13(15)19-12)17-14(18)8-10-4-2-3-5-11(10)16;/h6-7,9-11H,2-5,8,16H2,1H3,(H,17,18);1H. The molecule has 0 spiro atoms. The number of hydrogen-bond donors (Lipinski definition) is 2. The summed E-state index contributed by atoms with van der Waals surface area (Å²) in [7, 11) is 0. The third kappa shape index (κ3) is 4.92. The van der Waals surface area contributed by atoms with Crippen molar-refractivity contribution >= 4 is 41.3 Å². The van der Waals surface area contributed by atoms with Gasteiger partial charge in [0.1, 0.15) is 0 Å². The first-order valence-electron chi connectivity index (χ1n) is 6.86. The van der Waals surface area contributed by atoms with Crippen LogP contribution in [0, 0.1) is 5.92 Å². The van der Waals surface area contributed by atoms with Crippen molar-refractivity contribution in [2.24, 2.45) is 11.7 Å². The molecule has 0 aliphatic heterocycles. The van der Waals surface area contributed by atoms with Gasteiger partial charge in [0.2, 0.25) is 5.91 Å². The van der Waals surface area contributed by atoms with Crippen LogP contribution >= 0.6 is 35.3 Å². The molecule has 1 heterocycles. The summed E-state index contributed by atoms with van der Waals surface area (Å²) < 4.78 is 0.755. The fraction of sp³-hybridized carbons (Fsp3) is 0.643. The lowest BCUT2D eigenvalue weighted by atomic mass is 9.83. The number of carbonyl (C=O) groups is 1. The molecule has 3 N–H and O–H groups in total. The number of thiophene rings is 1. The second-order valence-corrected chi connectivity index (χ2v) is 7.09. The Kier molecular flexibility index (Phi) is 7.30. The van der Waals surface area contributed by atoms with Crippen molar-refractivity contribution < 1.29 is 4.79 Å². The van der Waals surface area contributed by atoms with Gasteiger partial charge in [0.05, 0.1) is 10.4 Å². The average Bonchev–Trinajstić information content (AvgIpc) is 2.79. The highest BCUT2D eigenvalue weighted by Gasteiger charge is 2.24. The molecule has 3 unspecified atom stereocenters. The van der Waals surface area contributed by atoms with Crippen molar-refractivity contribution in [3.05, 3.63) is 21.3 Å². The monoisotopic (exact) mass is 336 g/mol. The molecule has 3 atom stereocenters. The lowest BCUT2D eigenvalue weighted by molar-refractivity contribution is -0.123. The SMILES string of the molecule is CC(NC(=O)CC1CCCCC1N)c1ccc(Cl)s1.Cl. The van der Waals surface area contributed by atoms with Gasteiger partial charge in [-0.2, -0.15) is 0 Å². The molecule has 1 amide bonds. The summed E-state index contributed by atoms with van der Waals surface area (Å²) in [6, 6.07) is 4.03. The summed E-state index contributed by atoms with van der Waals surface area (Å²) in [5.41, 5.74) is 6.08. The number of rotatable bonds is 4. The maximum atomic E-state index is 12.1. The van der Waals surface area contributed by atoms with E-state index in [1.807, 2.05) is 19.1 Å². The first-order valence-corrected chi connectivity index (χ1v) is 8.06. The third-order valence-corrected chi connectivity index (χ3v) is 5.23. The molecule has 1 fully saturated rings. The number of halogens is 2. The Hall–Kier alpha value is -0.290. The van der Waals surface area contributed by atoms with Crippen molar-refractivity contribution in [3.8, 4) is 0 Å². The van der Waals surface area contributed by atoms with Gasteiger partial charge < -0.3 is 11.1 Å². The molecule has 0 saturated heterocycles. The lowest BCUT2D eigenvalue weighted by Crippen LogP contribution is -2.37. The van der Waals surface area contributed by atoms with Crippen LogP contribution in [0.1, 0.15) is 49.9 Å². The Morgan fingerprint density at radius 3 is 2.80 bits per heavy atom. The molecule has 1 aliphatic rings. The van der Waals surface area contributed by atoms with Gasteiger partial charge in [-0.25, -0.2) is 0 Å². The maximum Gasteiger partial charge on any atom is 0.220 e. The molecule has 3 nitrogen and oxygen atoms in total. The molecule has 1 aliphatic carbocycles. The molecule has 0 bridgehead atoms. The predicted molar refractivity (Wildman–Crippen MR) is 87.7 cm³/mol. The van der Waals surface area contributed by atoms with Crippen molar-refractivity contribution in [2.75, 3.05) is 0 Å². The van der Waals surface area contributed by atoms with E-state index < -0.39 is 0 Å². The van der Waals surface area contributed by atoms with Crippen LogP contribution in [0.2, 0.25) is 4.34 Å². The lowest BCUT2D eigenvalue weighted by Gasteiger charge is -2.28. The fourth-order valence-corrected chi connectivity index (χ4v) is 3.72. The zero-order valence-corrected chi connectivity index (χ0v) is 14.0. The van der Waals surface area contributed by atoms with E-state index in [-0.39, 0.29) is 30.4 Å². The first kappa shape index (κ1) is 17.8. The second-order valence-electron chi connectivity index (χ2n) is 5.34. The topological polar surface area (TPSA) is 55.1 Å². The number of hydrogen-bond acceptors (Lipinski definition) is 3. The molecule has 6 heteroatoms. The summed E-state index contributed by atoms with van der Waals surface area (Å²) >= 11 is 7.42. The van der Waals surface area contributed by atoms with Gasteiger partial charge in [0.15, 0.2) is 0 Å². The molecule has 1 aromatic heterocycles. The minimum atomic E-state index is 0. The quantitative estimate of drug-likeness (QED) is 0.875. The van der Waals surface area contributed by atoms with Crippen molar-refractivity contribution in [3.63, 3.8) is 0 Å². The van der Waals surface area contributed by atoms with Gasteiger partial charge >= 0.3 is 0 Å². The highest BCUT2D eigenvalue weighted by atomic mass is 35.5. The largest absolute Gasteiger partial charge is 0.349 e. The molecule has 1 aromatic rings. The minimum absolute atomic E-state index is 0. The highest BCUT2D eigenvalue weighted by molar-refractivity contribution is 7.16. The van der Waals surface area contributed by atoms with E-state index in [0.29, 0.717) is 12.3 Å². The Bertz CT molecular complexity index is 439. The van der Waals surface area contributed by atoms with E-state index in [9.17, 15) is 4.79 Å². The number of carbonyl (C=O) groups excluding carboxylic acids is 1. The van der Waals surface area contributed by atoms with Gasteiger partial charge in [-0.05, 0) is 37.8 Å². The zero-order valence-electron chi connectivity index (χ0n) is 11.6. The van der Waals surface area contributed by atoms with Crippen LogP contribution in [0.5, 0.6) is 0 Å². The third-order valence-electron chi connectivity index (χ3n) is 3.81. The molecule has 20 heavy (non-hydrogen) atoms. The summed E-state index contributed by atoms with van der Waals surface area (Å²) in [4.78, 5) is 13.1. The molecule has 1 saturated carbocycles. The summed E-state index contributed by atoms with van der Waals surface area (Å²) in [5, 5.41) is 3.03. The second kappa shape index (κ2) is 8.23. The first-order chi connectivity index (χ1) is 9.06. The number of nitrogens with two attached hydrogens (primary N) is 1. The summed E-state index contributed by atoms with van der Waals surface area (Å²) in [6.45, 7) is 1.99. The molecule has 0 radical (unpaired) electrons. The van der Waals surface area contributed by atoms with Crippen LogP contribution in [0.25, 0.3) is 0 Å². The van der Waals surface area contributed by atoms with Gasteiger partial charge in [0.25, 0.3) is 0 Å². The maximum absolute atomic E-state index is 12.1. The van der Waals surface area contributed by atoms with Gasteiger partial charge in [-0.3, -0.25) is 4.79 Å². The Morgan fingerprint density at radius 1 is 1.50 bits per heavy atom. The van der Waals surface area contributed by atoms with E-state index in [4.69, 9.17) is 17.3 Å². The van der Waals surface area contributed by atoms with Crippen LogP contribution in [-0.2, 0) is 4.79 Å². The average molecular weight is 337 g/mol. The van der Waals surface area contributed by atoms with Crippen molar-refractivity contribution in [1.82, 2.24) is 5.32 Å². The van der Waals surface area contributed by atoms with E-state index in [0.717, 1.165) is 22.1 Å². The van der Waals surface area contributed by atoms with Gasteiger partial charge in [0, 0.05) is 17.3 Å². The number of amides is 1. The van der Waals surface area contributed by atoms with E-state index >= 15 is 0 Å². The van der Waals surface area contributed by atoms with E-state index in [1.165, 1.54) is 24.2 Å².